The van der Waals surface area contributed by atoms with E-state index in [0.717, 1.165) is 27.6 Å². The van der Waals surface area contributed by atoms with Gasteiger partial charge in [-0.2, -0.15) is 0 Å². The van der Waals surface area contributed by atoms with Crippen LogP contribution in [0.15, 0.2) is 131 Å². The van der Waals surface area contributed by atoms with Gasteiger partial charge in [-0.25, -0.2) is 0 Å². The van der Waals surface area contributed by atoms with E-state index in [4.69, 9.17) is 4.42 Å². The highest BCUT2D eigenvalue weighted by Crippen LogP contribution is 2.45. The van der Waals surface area contributed by atoms with Gasteiger partial charge in [-0.15, -0.1) is 11.3 Å². The molecule has 0 amide bonds. The summed E-state index contributed by atoms with van der Waals surface area (Å²) in [6, 6.07) is 41.4. The molecule has 0 radical (unpaired) electrons. The monoisotopic (exact) mass is 515 g/mol. The highest BCUT2D eigenvalue weighted by molar-refractivity contribution is 7.17. The predicted molar refractivity (Wildman–Crippen MR) is 166 cm³/mol. The van der Waals surface area contributed by atoms with Crippen molar-refractivity contribution in [2.75, 3.05) is 0 Å². The average molecular weight is 516 g/mol. The van der Waals surface area contributed by atoms with Crippen LogP contribution in [0.4, 0.5) is 0 Å². The van der Waals surface area contributed by atoms with Crippen molar-refractivity contribution in [3.63, 3.8) is 0 Å². The second-order valence-corrected chi connectivity index (χ2v) is 11.1. The number of hydrogen-bond acceptors (Lipinski definition) is 2. The quantitative estimate of drug-likeness (QED) is 0.209. The molecule has 0 saturated heterocycles. The van der Waals surface area contributed by atoms with Gasteiger partial charge in [-0.05, 0) is 81.7 Å². The van der Waals surface area contributed by atoms with Gasteiger partial charge in [-0.3, -0.25) is 0 Å². The molecule has 182 valence electrons. The second kappa shape index (κ2) is 7.83. The summed E-state index contributed by atoms with van der Waals surface area (Å²) in [5.74, 6) is 0. The van der Waals surface area contributed by atoms with Crippen molar-refractivity contribution >= 4 is 75.8 Å². The molecule has 0 saturated carbocycles. The Kier molecular flexibility index (Phi) is 4.24. The smallest absolute Gasteiger partial charge is 0.143 e. The van der Waals surface area contributed by atoms with Crippen LogP contribution in [0.25, 0.3) is 81.3 Å². The first kappa shape index (κ1) is 21.1. The first-order valence-corrected chi connectivity index (χ1v) is 14.1. The Hall–Kier alpha value is -4.86. The van der Waals surface area contributed by atoms with Crippen LogP contribution < -0.4 is 0 Å². The maximum Gasteiger partial charge on any atom is 0.143 e. The molecule has 6 aromatic carbocycles. The highest BCUT2D eigenvalue weighted by Gasteiger charge is 2.19. The molecule has 39 heavy (non-hydrogen) atoms. The van der Waals surface area contributed by atoms with Crippen molar-refractivity contribution in [1.82, 2.24) is 4.57 Å². The molecule has 0 atom stereocenters. The molecule has 0 bridgehead atoms. The molecule has 0 aliphatic carbocycles. The minimum absolute atomic E-state index is 0.924. The third-order valence-electron chi connectivity index (χ3n) is 8.07. The first-order chi connectivity index (χ1) is 19.3. The van der Waals surface area contributed by atoms with Gasteiger partial charge >= 0.3 is 0 Å². The molecular formula is C36H21NOS. The molecule has 0 aliphatic heterocycles. The predicted octanol–water partition coefficient (Wildman–Crippen LogP) is 10.7. The Morgan fingerprint density at radius 1 is 0.564 bits per heavy atom. The number of nitrogens with zero attached hydrogens (tertiary/aromatic N) is 1. The van der Waals surface area contributed by atoms with E-state index in [2.05, 4.69) is 125 Å². The number of aromatic nitrogens is 1. The number of fused-ring (bicyclic) bond motifs is 9. The zero-order chi connectivity index (χ0) is 25.5. The van der Waals surface area contributed by atoms with Crippen molar-refractivity contribution in [2.24, 2.45) is 0 Å². The molecule has 0 fully saturated rings. The summed E-state index contributed by atoms with van der Waals surface area (Å²) in [5, 5.41) is 12.0. The number of thiophene rings is 1. The normalized spacial score (nSPS) is 12.1. The van der Waals surface area contributed by atoms with E-state index >= 15 is 0 Å². The Balaban J connectivity index is 1.48. The van der Waals surface area contributed by atoms with Gasteiger partial charge in [0, 0.05) is 49.1 Å². The molecule has 0 spiro atoms. The fourth-order valence-corrected chi connectivity index (χ4v) is 7.23. The van der Waals surface area contributed by atoms with E-state index in [0.29, 0.717) is 0 Å². The zero-order valence-corrected chi connectivity index (χ0v) is 21.7. The van der Waals surface area contributed by atoms with E-state index in [-0.39, 0.29) is 0 Å². The van der Waals surface area contributed by atoms with Gasteiger partial charge < -0.3 is 8.98 Å². The van der Waals surface area contributed by atoms with Crippen LogP contribution in [0.2, 0.25) is 0 Å². The van der Waals surface area contributed by atoms with Crippen molar-refractivity contribution < 1.29 is 4.42 Å². The van der Waals surface area contributed by atoms with E-state index in [1.807, 2.05) is 6.07 Å². The molecular weight excluding hydrogens is 494 g/mol. The number of rotatable bonds is 2. The highest BCUT2D eigenvalue weighted by atomic mass is 32.1. The average Bonchev–Trinajstić information content (AvgIpc) is 3.71. The Labute approximate surface area is 227 Å². The first-order valence-electron chi connectivity index (χ1n) is 13.2. The van der Waals surface area contributed by atoms with Gasteiger partial charge in [0.05, 0.1) is 5.52 Å². The molecule has 3 heteroatoms. The maximum atomic E-state index is 6.64. The Bertz CT molecular complexity index is 2390. The number of para-hydroxylation sites is 2. The molecule has 0 unspecified atom stereocenters. The number of benzene rings is 6. The van der Waals surface area contributed by atoms with Crippen molar-refractivity contribution in [3.05, 3.63) is 127 Å². The third kappa shape index (κ3) is 2.96. The van der Waals surface area contributed by atoms with Gasteiger partial charge in [0.25, 0.3) is 0 Å². The summed E-state index contributed by atoms with van der Waals surface area (Å²) >= 11 is 1.81. The minimum Gasteiger partial charge on any atom is -0.455 e. The molecule has 0 N–H and O–H groups in total. The van der Waals surface area contributed by atoms with E-state index < -0.39 is 0 Å². The van der Waals surface area contributed by atoms with Gasteiger partial charge in [0.2, 0.25) is 0 Å². The van der Waals surface area contributed by atoms with Gasteiger partial charge in [0.15, 0.2) is 0 Å². The van der Waals surface area contributed by atoms with Gasteiger partial charge in [-0.1, -0.05) is 60.7 Å². The summed E-state index contributed by atoms with van der Waals surface area (Å²) in [5.41, 5.74) is 6.76. The summed E-state index contributed by atoms with van der Waals surface area (Å²) in [4.78, 5) is 0. The molecule has 2 nitrogen and oxygen atoms in total. The molecule has 3 aromatic heterocycles. The lowest BCUT2D eigenvalue weighted by Gasteiger charge is -2.13. The minimum atomic E-state index is 0.924. The van der Waals surface area contributed by atoms with Crippen LogP contribution in [0, 0.1) is 0 Å². The topological polar surface area (TPSA) is 18.1 Å². The van der Waals surface area contributed by atoms with Crippen LogP contribution in [0.3, 0.4) is 0 Å². The summed E-state index contributed by atoms with van der Waals surface area (Å²) in [7, 11) is 0. The lowest BCUT2D eigenvalue weighted by molar-refractivity contribution is 0.673. The molecule has 9 aromatic rings. The van der Waals surface area contributed by atoms with Crippen molar-refractivity contribution in [2.45, 2.75) is 0 Å². The van der Waals surface area contributed by atoms with E-state index in [9.17, 15) is 0 Å². The third-order valence-corrected chi connectivity index (χ3v) is 9.04. The van der Waals surface area contributed by atoms with Crippen molar-refractivity contribution in [1.29, 1.82) is 0 Å². The summed E-state index contributed by atoms with van der Waals surface area (Å²) in [6.07, 6.45) is 2.17. The Morgan fingerprint density at radius 3 is 2.28 bits per heavy atom. The lowest BCUT2D eigenvalue weighted by atomic mass is 9.91. The number of furan rings is 1. The van der Waals surface area contributed by atoms with Crippen LogP contribution in [-0.2, 0) is 0 Å². The van der Waals surface area contributed by atoms with E-state index in [1.54, 1.807) is 11.3 Å². The summed E-state index contributed by atoms with van der Waals surface area (Å²) in [6.45, 7) is 0. The van der Waals surface area contributed by atoms with Crippen molar-refractivity contribution in [3.8, 4) is 16.8 Å². The van der Waals surface area contributed by atoms with Crippen LogP contribution in [0.1, 0.15) is 0 Å². The van der Waals surface area contributed by atoms with E-state index in [1.165, 1.54) is 53.7 Å². The second-order valence-electron chi connectivity index (χ2n) is 10.2. The van der Waals surface area contributed by atoms with Crippen LogP contribution in [-0.4, -0.2) is 4.57 Å². The summed E-state index contributed by atoms with van der Waals surface area (Å²) < 4.78 is 10.2. The lowest BCUT2D eigenvalue weighted by Crippen LogP contribution is -1.91. The standard InChI is InChI=1S/C36H21NOS/c1-2-8-24(9-3-1)37-17-16-22-18-23-19-30(31-21-39-34-13-7-5-11-26(31)34)27-14-15-28-25-10-4-6-12-33(25)38-36(28)35(27)29(23)20-32(22)37/h1-21H. The van der Waals surface area contributed by atoms with Gasteiger partial charge in [0.1, 0.15) is 11.2 Å². The molecule has 3 heterocycles. The number of hydrogen-bond donors (Lipinski definition) is 0. The molecule has 0 aliphatic rings. The van der Waals surface area contributed by atoms with Crippen LogP contribution >= 0.6 is 11.3 Å². The zero-order valence-electron chi connectivity index (χ0n) is 20.9. The van der Waals surface area contributed by atoms with Crippen LogP contribution in [0.5, 0.6) is 0 Å². The maximum absolute atomic E-state index is 6.64. The Morgan fingerprint density at radius 2 is 1.36 bits per heavy atom. The largest absolute Gasteiger partial charge is 0.455 e. The fourth-order valence-electron chi connectivity index (χ4n) is 6.27. The fraction of sp³-hybridized carbons (Fsp3) is 0. The SMILES string of the molecule is c1ccc(-n2ccc3cc4cc(-c5csc6ccccc56)c5ccc6c7ccccc7oc6c5c4cc32)cc1. The molecule has 9 rings (SSSR count).